The van der Waals surface area contributed by atoms with Gasteiger partial charge in [0.2, 0.25) is 0 Å². The highest BCUT2D eigenvalue weighted by Gasteiger charge is 2.46. The molecule has 12 rings (SSSR count). The minimum absolute atomic E-state index is 0.474. The molecule has 0 spiro atoms. The van der Waals surface area contributed by atoms with Gasteiger partial charge in [-0.3, -0.25) is 0 Å². The number of nitrogens with zero attached hydrogens (tertiary/aromatic N) is 2. The third-order valence-electron chi connectivity index (χ3n) is 13.5. The molecule has 0 fully saturated rings. The van der Waals surface area contributed by atoms with Crippen LogP contribution in [-0.4, -0.2) is 9.13 Å². The van der Waals surface area contributed by atoms with Crippen molar-refractivity contribution < 1.29 is 0 Å². The van der Waals surface area contributed by atoms with Gasteiger partial charge < -0.3 is 9.13 Å². The Morgan fingerprint density at radius 2 is 0.794 bits per heavy atom. The largest absolute Gasteiger partial charge is 0.309 e. The van der Waals surface area contributed by atoms with Crippen LogP contribution in [0.2, 0.25) is 0 Å². The second kappa shape index (κ2) is 14.9. The maximum absolute atomic E-state index is 2.38. The highest BCUT2D eigenvalue weighted by Crippen LogP contribution is 2.56. The van der Waals surface area contributed by atoms with E-state index in [1.54, 1.807) is 0 Å². The molecular weight excluding hydrogens is 761 g/mol. The zero-order valence-electron chi connectivity index (χ0n) is 35.1. The van der Waals surface area contributed by atoms with Gasteiger partial charge in [-0.05, 0) is 112 Å². The summed E-state index contributed by atoms with van der Waals surface area (Å²) in [6, 6.07) is 80.3. The molecular formula is C61H44N2. The van der Waals surface area contributed by atoms with Crippen LogP contribution in [0.15, 0.2) is 242 Å². The van der Waals surface area contributed by atoms with Gasteiger partial charge in [0.05, 0.1) is 27.5 Å². The summed E-state index contributed by atoms with van der Waals surface area (Å²) in [6.07, 6.45) is 7.87. The van der Waals surface area contributed by atoms with Crippen molar-refractivity contribution in [2.75, 3.05) is 0 Å². The highest BCUT2D eigenvalue weighted by atomic mass is 15.0. The monoisotopic (exact) mass is 804 g/mol. The lowest BCUT2D eigenvalue weighted by Crippen LogP contribution is -2.29. The number of para-hydroxylation sites is 4. The van der Waals surface area contributed by atoms with Crippen molar-refractivity contribution in [3.05, 3.63) is 264 Å². The van der Waals surface area contributed by atoms with E-state index in [1.807, 2.05) is 0 Å². The Bertz CT molecular complexity index is 3420. The van der Waals surface area contributed by atoms with Gasteiger partial charge in [-0.25, -0.2) is 0 Å². The number of aromatic nitrogens is 2. The van der Waals surface area contributed by atoms with E-state index in [0.717, 1.165) is 12.1 Å². The third kappa shape index (κ3) is 5.72. The van der Waals surface area contributed by atoms with E-state index < -0.39 is 5.41 Å². The summed E-state index contributed by atoms with van der Waals surface area (Å²) in [6.45, 7) is 2.19. The zero-order chi connectivity index (χ0) is 41.9. The predicted octanol–water partition coefficient (Wildman–Crippen LogP) is 15.6. The molecule has 2 aromatic heterocycles. The van der Waals surface area contributed by atoms with Gasteiger partial charge in [0.15, 0.2) is 0 Å². The van der Waals surface area contributed by atoms with Crippen molar-refractivity contribution in [1.82, 2.24) is 9.13 Å². The van der Waals surface area contributed by atoms with Crippen molar-refractivity contribution in [2.45, 2.75) is 18.8 Å². The fourth-order valence-electron chi connectivity index (χ4n) is 10.7. The molecule has 63 heavy (non-hydrogen) atoms. The molecule has 0 radical (unpaired) electrons. The average Bonchev–Trinajstić information content (AvgIpc) is 3.98. The Balaban J connectivity index is 0.887. The molecule has 0 atom stereocenters. The standard InChI is InChI=1S/C61H44N2/c1-2-45(17-15-16-42-30-38-47(39-31-42)62-57-26-11-5-20-51(57)52-21-6-12-27-58(52)62)61(55-24-9-3-18-49(55)50-19-4-10-25-56(50)61)46-36-32-43(33-37-46)44-34-40-48(41-35-44)63-59-28-13-7-22-53(59)54-23-8-14-29-60(54)63/h2-15,17-41H,16H2,1H3/b17-15-,45-2+. The molecule has 9 aromatic carbocycles. The average molecular weight is 805 g/mol. The van der Waals surface area contributed by atoms with E-state index in [-0.39, 0.29) is 0 Å². The number of hydrogen-bond donors (Lipinski definition) is 0. The summed E-state index contributed by atoms with van der Waals surface area (Å²) < 4.78 is 4.76. The highest BCUT2D eigenvalue weighted by molar-refractivity contribution is 6.10. The summed E-state index contributed by atoms with van der Waals surface area (Å²) in [4.78, 5) is 0. The second-order valence-corrected chi connectivity index (χ2v) is 16.7. The molecule has 0 saturated carbocycles. The van der Waals surface area contributed by atoms with E-state index in [2.05, 4.69) is 253 Å². The first kappa shape index (κ1) is 36.9. The third-order valence-corrected chi connectivity index (χ3v) is 13.5. The summed E-state index contributed by atoms with van der Waals surface area (Å²) >= 11 is 0. The molecule has 1 aliphatic rings. The van der Waals surface area contributed by atoms with Crippen molar-refractivity contribution >= 4 is 43.6 Å². The van der Waals surface area contributed by atoms with Gasteiger partial charge in [-0.15, -0.1) is 0 Å². The number of fused-ring (bicyclic) bond motifs is 9. The van der Waals surface area contributed by atoms with E-state index >= 15 is 0 Å². The fourth-order valence-corrected chi connectivity index (χ4v) is 10.7. The van der Waals surface area contributed by atoms with Gasteiger partial charge in [0.25, 0.3) is 0 Å². The van der Waals surface area contributed by atoms with Gasteiger partial charge in [-0.2, -0.15) is 0 Å². The second-order valence-electron chi connectivity index (χ2n) is 16.7. The zero-order valence-corrected chi connectivity index (χ0v) is 35.1. The maximum Gasteiger partial charge on any atom is 0.0710 e. The number of allylic oxidation sites excluding steroid dienone is 4. The van der Waals surface area contributed by atoms with Gasteiger partial charge in [0.1, 0.15) is 0 Å². The fraction of sp³-hybridized carbons (Fsp3) is 0.0492. The SMILES string of the molecule is C/C=C(\C=C/Cc1ccc(-n2c3ccccc3c3ccccc32)cc1)C1(c2ccc(-c3ccc(-n4c5ccccc5c5ccccc54)cc3)cc2)c2ccccc2-c2ccccc21. The van der Waals surface area contributed by atoms with Crippen LogP contribution in [0.4, 0.5) is 0 Å². The molecule has 2 heteroatoms. The van der Waals surface area contributed by atoms with E-state index in [0.29, 0.717) is 0 Å². The summed E-state index contributed by atoms with van der Waals surface area (Å²) in [5, 5.41) is 5.11. The van der Waals surface area contributed by atoms with Gasteiger partial charge >= 0.3 is 0 Å². The van der Waals surface area contributed by atoms with Crippen molar-refractivity contribution in [3.8, 4) is 33.6 Å². The number of hydrogen-bond acceptors (Lipinski definition) is 0. The molecule has 298 valence electrons. The smallest absolute Gasteiger partial charge is 0.0710 e. The van der Waals surface area contributed by atoms with E-state index in [9.17, 15) is 0 Å². The maximum atomic E-state index is 2.38. The van der Waals surface area contributed by atoms with Gasteiger partial charge in [-0.1, -0.05) is 188 Å². The Kier molecular flexibility index (Phi) is 8.72. The van der Waals surface area contributed by atoms with Crippen LogP contribution in [0.3, 0.4) is 0 Å². The molecule has 0 aliphatic heterocycles. The minimum Gasteiger partial charge on any atom is -0.309 e. The summed E-state index contributed by atoms with van der Waals surface area (Å²) in [5.74, 6) is 0. The summed E-state index contributed by atoms with van der Waals surface area (Å²) in [5.41, 5.74) is 18.2. The molecule has 0 amide bonds. The first-order valence-electron chi connectivity index (χ1n) is 22.0. The van der Waals surface area contributed by atoms with Gasteiger partial charge in [0, 0.05) is 32.9 Å². The quantitative estimate of drug-likeness (QED) is 0.135. The molecule has 0 unspecified atom stereocenters. The Morgan fingerprint density at radius 1 is 0.413 bits per heavy atom. The lowest BCUT2D eigenvalue weighted by atomic mass is 9.67. The van der Waals surface area contributed by atoms with E-state index in [1.165, 1.54) is 99.4 Å². The Morgan fingerprint density at radius 3 is 1.24 bits per heavy atom. The molecule has 1 aliphatic carbocycles. The van der Waals surface area contributed by atoms with Crippen LogP contribution in [0.1, 0.15) is 29.2 Å². The number of benzene rings is 9. The first-order chi connectivity index (χ1) is 31.2. The summed E-state index contributed by atoms with van der Waals surface area (Å²) in [7, 11) is 0. The molecule has 0 saturated heterocycles. The topological polar surface area (TPSA) is 9.86 Å². The van der Waals surface area contributed by atoms with Crippen LogP contribution in [0, 0.1) is 0 Å². The van der Waals surface area contributed by atoms with Crippen LogP contribution in [0.25, 0.3) is 77.2 Å². The molecule has 2 heterocycles. The molecule has 2 nitrogen and oxygen atoms in total. The lowest BCUT2D eigenvalue weighted by Gasteiger charge is -2.35. The predicted molar refractivity (Wildman–Crippen MR) is 265 cm³/mol. The minimum atomic E-state index is -0.474. The number of rotatable bonds is 8. The molecule has 11 aromatic rings. The normalized spacial score (nSPS) is 13.4. The van der Waals surface area contributed by atoms with Crippen LogP contribution in [0.5, 0.6) is 0 Å². The lowest BCUT2D eigenvalue weighted by molar-refractivity contribution is 0.764. The molecule has 0 bridgehead atoms. The Labute approximate surface area is 368 Å². The van der Waals surface area contributed by atoms with Crippen LogP contribution < -0.4 is 0 Å². The molecule has 0 N–H and O–H groups in total. The van der Waals surface area contributed by atoms with Crippen LogP contribution >= 0.6 is 0 Å². The van der Waals surface area contributed by atoms with Crippen molar-refractivity contribution in [3.63, 3.8) is 0 Å². The Hall–Kier alpha value is -7.94. The van der Waals surface area contributed by atoms with Crippen LogP contribution in [-0.2, 0) is 11.8 Å². The van der Waals surface area contributed by atoms with Crippen molar-refractivity contribution in [2.24, 2.45) is 0 Å². The van der Waals surface area contributed by atoms with Crippen molar-refractivity contribution in [1.29, 1.82) is 0 Å². The first-order valence-corrected chi connectivity index (χ1v) is 22.0. The van der Waals surface area contributed by atoms with E-state index in [4.69, 9.17) is 0 Å².